The molecule has 1 aromatic carbocycles. The number of hydrogen-bond acceptors (Lipinski definition) is 7. The fourth-order valence-electron chi connectivity index (χ4n) is 3.47. The lowest BCUT2D eigenvalue weighted by molar-refractivity contribution is -0.119. The number of aromatic nitrogens is 1. The number of thiophene rings is 1. The maximum Gasteiger partial charge on any atom is 0.253 e. The molecule has 2 aromatic heterocycles. The first-order valence-corrected chi connectivity index (χ1v) is 12.5. The van der Waals surface area contributed by atoms with E-state index in [9.17, 15) is 13.2 Å². The monoisotopic (exact) mass is 463 g/mol. The number of benzene rings is 1. The standard InChI is InChI=1S/C20H21N3O4S3/c1-13-18(14-7-9-15(27-2)10-8-14)21-20(29-13)22-19(24)16-5-3-11-23(16)30(25,26)17-6-4-12-28-17/h4,6-10,12,16H,3,5,11H2,1-2H3,(H,21,22,24)/t16-/m1/s1. The van der Waals surface area contributed by atoms with E-state index in [2.05, 4.69) is 10.3 Å². The molecular formula is C20H21N3O4S3. The Morgan fingerprint density at radius 3 is 2.70 bits per heavy atom. The van der Waals surface area contributed by atoms with E-state index in [1.54, 1.807) is 24.6 Å². The molecule has 1 aliphatic heterocycles. The van der Waals surface area contributed by atoms with Crippen LogP contribution in [0.15, 0.2) is 46.0 Å². The Hall–Kier alpha value is -2.27. The number of anilines is 1. The maximum absolute atomic E-state index is 12.9. The van der Waals surface area contributed by atoms with Gasteiger partial charge in [0.05, 0.1) is 12.8 Å². The molecule has 0 bridgehead atoms. The molecule has 4 rings (SSSR count). The minimum atomic E-state index is -3.67. The molecule has 0 spiro atoms. The van der Waals surface area contributed by atoms with Crippen molar-refractivity contribution in [3.8, 4) is 17.0 Å². The van der Waals surface area contributed by atoms with Crippen molar-refractivity contribution in [2.75, 3.05) is 19.0 Å². The van der Waals surface area contributed by atoms with Crippen LogP contribution in [0.2, 0.25) is 0 Å². The molecule has 10 heteroatoms. The van der Waals surface area contributed by atoms with Gasteiger partial charge in [-0.15, -0.1) is 22.7 Å². The number of carbonyl (C=O) groups excluding carboxylic acids is 1. The molecule has 1 aliphatic rings. The summed E-state index contributed by atoms with van der Waals surface area (Å²) in [5.74, 6) is 0.413. The van der Waals surface area contributed by atoms with Crippen molar-refractivity contribution in [2.45, 2.75) is 30.0 Å². The van der Waals surface area contributed by atoms with E-state index in [0.717, 1.165) is 33.2 Å². The van der Waals surface area contributed by atoms with Crippen molar-refractivity contribution in [3.05, 3.63) is 46.7 Å². The van der Waals surface area contributed by atoms with Gasteiger partial charge in [0.15, 0.2) is 5.13 Å². The lowest BCUT2D eigenvalue weighted by atomic mass is 10.1. The molecule has 1 atom stereocenters. The van der Waals surface area contributed by atoms with Crippen LogP contribution in [-0.2, 0) is 14.8 Å². The first-order valence-electron chi connectivity index (χ1n) is 9.38. The summed E-state index contributed by atoms with van der Waals surface area (Å²) in [6.07, 6.45) is 1.14. The van der Waals surface area contributed by atoms with Gasteiger partial charge in [-0.1, -0.05) is 6.07 Å². The number of carbonyl (C=O) groups is 1. The SMILES string of the molecule is COc1ccc(-c2nc(NC(=O)[C@H]3CCCN3S(=O)(=O)c3cccs3)sc2C)cc1. The maximum atomic E-state index is 12.9. The molecule has 1 fully saturated rings. The van der Waals surface area contributed by atoms with Crippen molar-refractivity contribution >= 4 is 43.7 Å². The van der Waals surface area contributed by atoms with Gasteiger partial charge in [0, 0.05) is 17.0 Å². The smallest absolute Gasteiger partial charge is 0.253 e. The summed E-state index contributed by atoms with van der Waals surface area (Å²) in [6, 6.07) is 10.1. The van der Waals surface area contributed by atoms with Gasteiger partial charge in [0.25, 0.3) is 10.0 Å². The van der Waals surface area contributed by atoms with Crippen LogP contribution in [0, 0.1) is 6.92 Å². The predicted molar refractivity (Wildman–Crippen MR) is 119 cm³/mol. The van der Waals surface area contributed by atoms with E-state index in [0.29, 0.717) is 24.5 Å². The molecule has 0 radical (unpaired) electrons. The zero-order chi connectivity index (χ0) is 21.3. The van der Waals surface area contributed by atoms with Gasteiger partial charge in [-0.3, -0.25) is 4.79 Å². The van der Waals surface area contributed by atoms with Crippen LogP contribution in [0.25, 0.3) is 11.3 Å². The van der Waals surface area contributed by atoms with Gasteiger partial charge in [-0.05, 0) is 55.5 Å². The number of nitrogens with zero attached hydrogens (tertiary/aromatic N) is 2. The summed E-state index contributed by atoms with van der Waals surface area (Å²) in [4.78, 5) is 18.4. The molecule has 1 N–H and O–H groups in total. The number of sulfonamides is 1. The molecule has 3 aromatic rings. The molecule has 30 heavy (non-hydrogen) atoms. The van der Waals surface area contributed by atoms with Gasteiger partial charge in [-0.2, -0.15) is 4.31 Å². The number of hydrogen-bond donors (Lipinski definition) is 1. The lowest BCUT2D eigenvalue weighted by Gasteiger charge is -2.22. The second-order valence-corrected chi connectivity index (χ2v) is 11.1. The van der Waals surface area contributed by atoms with Crippen molar-refractivity contribution in [1.82, 2.24) is 9.29 Å². The highest BCUT2D eigenvalue weighted by Gasteiger charge is 2.40. The van der Waals surface area contributed by atoms with Gasteiger partial charge < -0.3 is 10.1 Å². The van der Waals surface area contributed by atoms with Crippen LogP contribution in [0.5, 0.6) is 5.75 Å². The van der Waals surface area contributed by atoms with Crippen LogP contribution >= 0.6 is 22.7 Å². The number of aryl methyl sites for hydroxylation is 1. The van der Waals surface area contributed by atoms with Crippen molar-refractivity contribution in [3.63, 3.8) is 0 Å². The third-order valence-electron chi connectivity index (χ3n) is 4.95. The van der Waals surface area contributed by atoms with E-state index < -0.39 is 16.1 Å². The molecule has 0 unspecified atom stereocenters. The zero-order valence-corrected chi connectivity index (χ0v) is 18.9. The van der Waals surface area contributed by atoms with Gasteiger partial charge >= 0.3 is 0 Å². The van der Waals surface area contributed by atoms with Crippen LogP contribution in [-0.4, -0.2) is 43.3 Å². The largest absolute Gasteiger partial charge is 0.497 e. The minimum absolute atomic E-state index is 0.258. The third-order valence-corrected chi connectivity index (χ3v) is 9.12. The first-order chi connectivity index (χ1) is 14.4. The summed E-state index contributed by atoms with van der Waals surface area (Å²) in [6.45, 7) is 2.28. The van der Waals surface area contributed by atoms with E-state index >= 15 is 0 Å². The molecule has 158 valence electrons. The Morgan fingerprint density at radius 1 is 1.27 bits per heavy atom. The fraction of sp³-hybridized carbons (Fsp3) is 0.300. The summed E-state index contributed by atoms with van der Waals surface area (Å²) in [7, 11) is -2.06. The number of amides is 1. The molecule has 1 saturated heterocycles. The quantitative estimate of drug-likeness (QED) is 0.597. The van der Waals surface area contributed by atoms with E-state index in [-0.39, 0.29) is 10.1 Å². The molecule has 0 saturated carbocycles. The summed E-state index contributed by atoms with van der Waals surface area (Å²) < 4.78 is 32.5. The Kier molecular flexibility index (Phi) is 5.92. The number of nitrogens with one attached hydrogen (secondary N) is 1. The van der Waals surface area contributed by atoms with Crippen LogP contribution in [0.3, 0.4) is 0 Å². The van der Waals surface area contributed by atoms with Gasteiger partial charge in [-0.25, -0.2) is 13.4 Å². The molecule has 1 amide bonds. The van der Waals surface area contributed by atoms with Crippen molar-refractivity contribution < 1.29 is 17.9 Å². The normalized spacial score (nSPS) is 17.2. The topological polar surface area (TPSA) is 88.6 Å². The molecule has 7 nitrogen and oxygen atoms in total. The molecule has 3 heterocycles. The van der Waals surface area contributed by atoms with Crippen LogP contribution in [0.1, 0.15) is 17.7 Å². The molecular weight excluding hydrogens is 442 g/mol. The highest BCUT2D eigenvalue weighted by Crippen LogP contribution is 2.33. The van der Waals surface area contributed by atoms with Crippen LogP contribution < -0.4 is 10.1 Å². The minimum Gasteiger partial charge on any atom is -0.497 e. The Balaban J connectivity index is 1.52. The van der Waals surface area contributed by atoms with Crippen LogP contribution in [0.4, 0.5) is 5.13 Å². The average molecular weight is 464 g/mol. The predicted octanol–water partition coefficient (Wildman–Crippen LogP) is 3.98. The van der Waals surface area contributed by atoms with Crippen molar-refractivity contribution in [1.29, 1.82) is 0 Å². The van der Waals surface area contributed by atoms with E-state index in [1.807, 2.05) is 31.2 Å². The second-order valence-electron chi connectivity index (χ2n) is 6.85. The Labute approximate surface area is 183 Å². The first kappa shape index (κ1) is 21.0. The number of thiazole rings is 1. The second kappa shape index (κ2) is 8.46. The highest BCUT2D eigenvalue weighted by atomic mass is 32.2. The fourth-order valence-corrected chi connectivity index (χ4v) is 7.09. The number of rotatable bonds is 6. The van der Waals surface area contributed by atoms with Gasteiger partial charge in [0.2, 0.25) is 5.91 Å². The summed E-state index contributed by atoms with van der Waals surface area (Å²) >= 11 is 2.53. The highest BCUT2D eigenvalue weighted by molar-refractivity contribution is 7.91. The summed E-state index contributed by atoms with van der Waals surface area (Å²) in [5.41, 5.74) is 1.71. The third kappa shape index (κ3) is 4.00. The average Bonchev–Trinajstić information content (AvgIpc) is 3.49. The molecule has 0 aliphatic carbocycles. The lowest BCUT2D eigenvalue weighted by Crippen LogP contribution is -2.42. The zero-order valence-electron chi connectivity index (χ0n) is 16.5. The summed E-state index contributed by atoms with van der Waals surface area (Å²) in [5, 5.41) is 5.01. The number of ether oxygens (including phenoxy) is 1. The van der Waals surface area contributed by atoms with E-state index in [1.165, 1.54) is 15.6 Å². The Bertz CT molecular complexity index is 1140. The van der Waals surface area contributed by atoms with Crippen molar-refractivity contribution in [2.24, 2.45) is 0 Å². The number of methoxy groups -OCH3 is 1. The van der Waals surface area contributed by atoms with Gasteiger partial charge in [0.1, 0.15) is 16.0 Å². The Morgan fingerprint density at radius 2 is 2.03 bits per heavy atom. The van der Waals surface area contributed by atoms with E-state index in [4.69, 9.17) is 4.74 Å².